The van der Waals surface area contributed by atoms with E-state index in [9.17, 15) is 4.79 Å². The topological polar surface area (TPSA) is 20.3 Å². The Kier molecular flexibility index (Phi) is 3.01. The summed E-state index contributed by atoms with van der Waals surface area (Å²) in [5, 5.41) is 0. The number of carbonyl (C=O) groups excluding carboxylic acids is 1. The van der Waals surface area contributed by atoms with Gasteiger partial charge in [-0.25, -0.2) is 0 Å². The van der Waals surface area contributed by atoms with Crippen molar-refractivity contribution in [3.8, 4) is 0 Å². The highest BCUT2D eigenvalue weighted by atomic mass is 28.3. The van der Waals surface area contributed by atoms with Gasteiger partial charge in [0.25, 0.3) is 0 Å². The third-order valence-corrected chi connectivity index (χ3v) is 5.92. The lowest BCUT2D eigenvalue weighted by Crippen LogP contribution is -2.42. The smallest absolute Gasteiger partial charge is 0.223 e. The van der Waals surface area contributed by atoms with E-state index in [4.69, 9.17) is 0 Å². The summed E-state index contributed by atoms with van der Waals surface area (Å²) in [4.78, 5) is 13.9. The van der Waals surface area contributed by atoms with Crippen LogP contribution in [0.15, 0.2) is 12.2 Å². The van der Waals surface area contributed by atoms with Crippen LogP contribution in [0.2, 0.25) is 25.7 Å². The van der Waals surface area contributed by atoms with Crippen LogP contribution in [-0.4, -0.2) is 31.0 Å². The molecule has 0 radical (unpaired) electrons. The number of nitrogens with zero attached hydrogens (tertiary/aromatic N) is 1. The zero-order valence-corrected chi connectivity index (χ0v) is 12.7. The van der Waals surface area contributed by atoms with Crippen LogP contribution in [0.4, 0.5) is 0 Å². The first-order valence-corrected chi connectivity index (χ1v) is 10.4. The highest BCUT2D eigenvalue weighted by molar-refractivity contribution is 6.76. The number of amides is 1. The predicted molar refractivity (Wildman–Crippen MR) is 74.8 cm³/mol. The maximum atomic E-state index is 11.8. The quantitative estimate of drug-likeness (QED) is 0.557. The Morgan fingerprint density at radius 1 is 1.53 bits per heavy atom. The minimum Gasteiger partial charge on any atom is -0.337 e. The molecule has 0 bridgehead atoms. The number of carbonyl (C=O) groups is 1. The van der Waals surface area contributed by atoms with Crippen molar-refractivity contribution in [2.24, 2.45) is 5.92 Å². The SMILES string of the molecule is C=C(C[Si](C)(C)C)[C@H]1CCN2C(=O)CC[C@@]12C. The molecule has 0 aromatic rings. The van der Waals surface area contributed by atoms with Crippen LogP contribution in [0.25, 0.3) is 0 Å². The van der Waals surface area contributed by atoms with Gasteiger partial charge in [-0.3, -0.25) is 4.79 Å². The van der Waals surface area contributed by atoms with Crippen molar-refractivity contribution in [3.05, 3.63) is 12.2 Å². The molecule has 2 atom stereocenters. The van der Waals surface area contributed by atoms with Crippen molar-refractivity contribution in [1.29, 1.82) is 0 Å². The first-order valence-electron chi connectivity index (χ1n) is 6.72. The van der Waals surface area contributed by atoms with Gasteiger partial charge in [0.05, 0.1) is 0 Å². The highest BCUT2D eigenvalue weighted by Crippen LogP contribution is 2.47. The summed E-state index contributed by atoms with van der Waals surface area (Å²) in [7, 11) is -1.08. The van der Waals surface area contributed by atoms with Crippen LogP contribution >= 0.6 is 0 Å². The average Bonchev–Trinajstić information content (AvgIpc) is 2.62. The van der Waals surface area contributed by atoms with Crippen molar-refractivity contribution >= 4 is 14.0 Å². The van der Waals surface area contributed by atoms with Gasteiger partial charge in [0.2, 0.25) is 5.91 Å². The maximum absolute atomic E-state index is 11.8. The van der Waals surface area contributed by atoms with Crippen molar-refractivity contribution in [1.82, 2.24) is 4.90 Å². The molecule has 2 aliphatic rings. The normalized spacial score (nSPS) is 33.1. The van der Waals surface area contributed by atoms with Gasteiger partial charge in [-0.2, -0.15) is 0 Å². The molecule has 2 heterocycles. The predicted octanol–water partition coefficient (Wildman–Crippen LogP) is 3.28. The van der Waals surface area contributed by atoms with Crippen LogP contribution in [0, 0.1) is 5.92 Å². The van der Waals surface area contributed by atoms with E-state index in [1.54, 1.807) is 0 Å². The average molecular weight is 251 g/mol. The molecule has 0 spiro atoms. The monoisotopic (exact) mass is 251 g/mol. The van der Waals surface area contributed by atoms with Crippen molar-refractivity contribution in [2.75, 3.05) is 6.54 Å². The molecule has 2 rings (SSSR count). The van der Waals surface area contributed by atoms with E-state index in [2.05, 4.69) is 38.0 Å². The van der Waals surface area contributed by atoms with E-state index < -0.39 is 8.07 Å². The van der Waals surface area contributed by atoms with Crippen LogP contribution in [-0.2, 0) is 4.79 Å². The fraction of sp³-hybridized carbons (Fsp3) is 0.786. The standard InChI is InChI=1S/C14H25NOSi/c1-11(10-17(3,4)5)12-7-9-15-13(16)6-8-14(12,15)2/h12H,1,6-10H2,2-5H3/t12-,14+/m1/s1. The van der Waals surface area contributed by atoms with Gasteiger partial charge < -0.3 is 4.90 Å². The van der Waals surface area contributed by atoms with Gasteiger partial charge in [-0.1, -0.05) is 31.8 Å². The zero-order valence-electron chi connectivity index (χ0n) is 11.7. The molecule has 2 saturated heterocycles. The molecule has 0 aromatic carbocycles. The van der Waals surface area contributed by atoms with Crippen LogP contribution in [0.1, 0.15) is 26.2 Å². The molecule has 2 nitrogen and oxygen atoms in total. The Labute approximate surface area is 106 Å². The number of hydrogen-bond acceptors (Lipinski definition) is 1. The molecule has 17 heavy (non-hydrogen) atoms. The van der Waals surface area contributed by atoms with Crippen LogP contribution < -0.4 is 0 Å². The fourth-order valence-electron chi connectivity index (χ4n) is 3.67. The zero-order chi connectivity index (χ0) is 12.8. The molecule has 1 amide bonds. The molecule has 96 valence electrons. The minimum atomic E-state index is -1.08. The molecule has 2 aliphatic heterocycles. The number of rotatable bonds is 3. The highest BCUT2D eigenvalue weighted by Gasteiger charge is 2.51. The molecule has 3 heteroatoms. The van der Waals surface area contributed by atoms with Crippen molar-refractivity contribution in [2.45, 2.75) is 57.4 Å². The van der Waals surface area contributed by atoms with Gasteiger partial charge in [-0.15, -0.1) is 0 Å². The van der Waals surface area contributed by atoms with E-state index in [0.717, 1.165) is 25.8 Å². The second kappa shape index (κ2) is 3.97. The Hall–Kier alpha value is -0.573. The van der Waals surface area contributed by atoms with Crippen molar-refractivity contribution < 1.29 is 4.79 Å². The molecule has 0 aliphatic carbocycles. The summed E-state index contributed by atoms with van der Waals surface area (Å²) in [6.07, 6.45) is 2.90. The van der Waals surface area contributed by atoms with E-state index >= 15 is 0 Å². The number of hydrogen-bond donors (Lipinski definition) is 0. The maximum Gasteiger partial charge on any atom is 0.223 e. The summed E-state index contributed by atoms with van der Waals surface area (Å²) in [5.41, 5.74) is 1.50. The van der Waals surface area contributed by atoms with E-state index in [1.807, 2.05) is 0 Å². The summed E-state index contributed by atoms with van der Waals surface area (Å²) in [5.74, 6) is 0.900. The summed E-state index contributed by atoms with van der Waals surface area (Å²) >= 11 is 0. The lowest BCUT2D eigenvalue weighted by molar-refractivity contribution is -0.129. The summed E-state index contributed by atoms with van der Waals surface area (Å²) in [6.45, 7) is 14.8. The molecule has 0 aromatic heterocycles. The second-order valence-corrected chi connectivity index (χ2v) is 12.6. The van der Waals surface area contributed by atoms with E-state index in [0.29, 0.717) is 11.8 Å². The van der Waals surface area contributed by atoms with Gasteiger partial charge in [0, 0.05) is 32.5 Å². The van der Waals surface area contributed by atoms with Crippen LogP contribution in [0.3, 0.4) is 0 Å². The van der Waals surface area contributed by atoms with E-state index in [-0.39, 0.29) is 5.54 Å². The Morgan fingerprint density at radius 3 is 2.76 bits per heavy atom. The third kappa shape index (κ3) is 2.22. The molecule has 2 fully saturated rings. The lowest BCUT2D eigenvalue weighted by atomic mass is 9.81. The van der Waals surface area contributed by atoms with Gasteiger partial charge in [0.15, 0.2) is 0 Å². The molecule has 0 unspecified atom stereocenters. The molecular weight excluding hydrogens is 226 g/mol. The largest absolute Gasteiger partial charge is 0.337 e. The van der Waals surface area contributed by atoms with Crippen molar-refractivity contribution in [3.63, 3.8) is 0 Å². The van der Waals surface area contributed by atoms with Gasteiger partial charge in [-0.05, 0) is 25.8 Å². The summed E-state index contributed by atoms with van der Waals surface area (Å²) in [6, 6.07) is 1.20. The van der Waals surface area contributed by atoms with E-state index in [1.165, 1.54) is 11.6 Å². The summed E-state index contributed by atoms with van der Waals surface area (Å²) < 4.78 is 0. The second-order valence-electron chi connectivity index (χ2n) is 7.14. The van der Waals surface area contributed by atoms with Gasteiger partial charge in [0.1, 0.15) is 0 Å². The molecular formula is C14H25NOSi. The third-order valence-electron chi connectivity index (χ3n) is 4.40. The Bertz CT molecular complexity index is 358. The van der Waals surface area contributed by atoms with Crippen LogP contribution in [0.5, 0.6) is 0 Å². The minimum absolute atomic E-state index is 0.0911. The lowest BCUT2D eigenvalue weighted by Gasteiger charge is -2.35. The number of fused-ring (bicyclic) bond motifs is 1. The first-order chi connectivity index (χ1) is 7.74. The fourth-order valence-corrected chi connectivity index (χ4v) is 5.28. The Balaban J connectivity index is 2.13. The molecule has 0 N–H and O–H groups in total. The first kappa shape index (κ1) is 12.9. The molecule has 0 saturated carbocycles. The Morgan fingerprint density at radius 2 is 2.18 bits per heavy atom. The van der Waals surface area contributed by atoms with Gasteiger partial charge >= 0.3 is 0 Å².